The van der Waals surface area contributed by atoms with Gasteiger partial charge in [0.25, 0.3) is 5.91 Å². The molecule has 1 amide bonds. The largest absolute Gasteiger partial charge is 0.489 e. The summed E-state index contributed by atoms with van der Waals surface area (Å²) in [6, 6.07) is 10.8. The molecule has 2 aromatic carbocycles. The van der Waals surface area contributed by atoms with Crippen LogP contribution in [0.3, 0.4) is 0 Å². The molecule has 4 N–H and O–H groups in total. The first kappa shape index (κ1) is 22.8. The van der Waals surface area contributed by atoms with Gasteiger partial charge in [-0.3, -0.25) is 10.0 Å². The molecule has 0 radical (unpaired) electrons. The maximum atomic E-state index is 13.1. The maximum absolute atomic E-state index is 13.1. The fraction of sp³-hybridized carbons (Fsp3) is 0.316. The Hall–Kier alpha value is -1.88. The molecule has 2 unspecified atom stereocenters. The average molecular weight is 475 g/mol. The topological polar surface area (TPSA) is 128 Å². The molecule has 8 nitrogen and oxygen atoms in total. The van der Waals surface area contributed by atoms with Gasteiger partial charge in [0, 0.05) is 22.2 Å². The SMILES string of the molecule is NC1(C(=O)NO)COCCC1S(=O)(=O)c1ccc(OCc2ccc(Cl)cc2Cl)cc1. The van der Waals surface area contributed by atoms with E-state index >= 15 is 0 Å². The Balaban J connectivity index is 1.78. The molecule has 0 saturated carbocycles. The van der Waals surface area contributed by atoms with Crippen molar-refractivity contribution in [2.45, 2.75) is 28.7 Å². The van der Waals surface area contributed by atoms with Crippen LogP contribution in [-0.2, 0) is 26.0 Å². The number of sulfone groups is 1. The van der Waals surface area contributed by atoms with Gasteiger partial charge in [-0.05, 0) is 42.8 Å². The van der Waals surface area contributed by atoms with Crippen molar-refractivity contribution in [3.63, 3.8) is 0 Å². The van der Waals surface area contributed by atoms with Crippen molar-refractivity contribution in [2.24, 2.45) is 5.73 Å². The van der Waals surface area contributed by atoms with Crippen LogP contribution < -0.4 is 16.0 Å². The molecule has 0 spiro atoms. The second-order valence-corrected chi connectivity index (χ2v) is 9.83. The van der Waals surface area contributed by atoms with E-state index in [1.165, 1.54) is 29.7 Å². The molecule has 1 heterocycles. The van der Waals surface area contributed by atoms with E-state index < -0.39 is 26.5 Å². The van der Waals surface area contributed by atoms with Crippen LogP contribution >= 0.6 is 23.2 Å². The van der Waals surface area contributed by atoms with Gasteiger partial charge in [0.1, 0.15) is 17.9 Å². The first-order chi connectivity index (χ1) is 14.2. The Morgan fingerprint density at radius 2 is 1.97 bits per heavy atom. The van der Waals surface area contributed by atoms with Crippen LogP contribution in [0.1, 0.15) is 12.0 Å². The summed E-state index contributed by atoms with van der Waals surface area (Å²) in [6.07, 6.45) is 0.0135. The molecule has 1 saturated heterocycles. The summed E-state index contributed by atoms with van der Waals surface area (Å²) in [5.41, 5.74) is 6.27. The molecule has 0 aliphatic carbocycles. The van der Waals surface area contributed by atoms with Crippen molar-refractivity contribution in [1.29, 1.82) is 0 Å². The highest BCUT2D eigenvalue weighted by Crippen LogP contribution is 2.31. The number of halogens is 2. The van der Waals surface area contributed by atoms with E-state index in [9.17, 15) is 13.2 Å². The zero-order valence-corrected chi connectivity index (χ0v) is 18.0. The van der Waals surface area contributed by atoms with Crippen LogP contribution in [0, 0.1) is 0 Å². The molecule has 162 valence electrons. The Kier molecular flexibility index (Phi) is 6.91. The zero-order chi connectivity index (χ0) is 21.9. The number of carbonyl (C=O) groups is 1. The van der Waals surface area contributed by atoms with E-state index in [1.807, 2.05) is 0 Å². The molecule has 2 atom stereocenters. The number of ether oxygens (including phenoxy) is 2. The van der Waals surface area contributed by atoms with Gasteiger partial charge < -0.3 is 15.2 Å². The van der Waals surface area contributed by atoms with Crippen molar-refractivity contribution < 1.29 is 27.9 Å². The molecule has 1 aliphatic rings. The first-order valence-corrected chi connectivity index (χ1v) is 11.2. The molecule has 0 bridgehead atoms. The van der Waals surface area contributed by atoms with Crippen molar-refractivity contribution in [1.82, 2.24) is 5.48 Å². The van der Waals surface area contributed by atoms with Crippen LogP contribution in [-0.4, -0.2) is 43.5 Å². The number of amides is 1. The third-order valence-electron chi connectivity index (χ3n) is 4.90. The summed E-state index contributed by atoms with van der Waals surface area (Å²) in [6.45, 7) is -0.0262. The van der Waals surface area contributed by atoms with E-state index in [4.69, 9.17) is 43.6 Å². The number of hydrogen-bond acceptors (Lipinski definition) is 7. The van der Waals surface area contributed by atoms with Crippen molar-refractivity contribution in [3.05, 3.63) is 58.1 Å². The molecule has 0 aromatic heterocycles. The number of nitrogens with one attached hydrogen (secondary N) is 1. The molecular formula is C19H20Cl2N2O6S. The van der Waals surface area contributed by atoms with Gasteiger partial charge in [0.05, 0.1) is 16.8 Å². The van der Waals surface area contributed by atoms with Gasteiger partial charge in [-0.1, -0.05) is 29.3 Å². The fourth-order valence-corrected chi connectivity index (χ4v) is 5.66. The quantitative estimate of drug-likeness (QED) is 0.432. The summed E-state index contributed by atoms with van der Waals surface area (Å²) in [7, 11) is -3.99. The fourth-order valence-electron chi connectivity index (χ4n) is 3.22. The molecule has 1 fully saturated rings. The van der Waals surface area contributed by atoms with Gasteiger partial charge in [0.2, 0.25) is 0 Å². The predicted molar refractivity (Wildman–Crippen MR) is 110 cm³/mol. The van der Waals surface area contributed by atoms with Gasteiger partial charge in [-0.25, -0.2) is 13.9 Å². The highest BCUT2D eigenvalue weighted by atomic mass is 35.5. The lowest BCUT2D eigenvalue weighted by molar-refractivity contribution is -0.139. The third kappa shape index (κ3) is 4.56. The lowest BCUT2D eigenvalue weighted by Crippen LogP contribution is -2.67. The summed E-state index contributed by atoms with van der Waals surface area (Å²) in [5, 5.41) is 8.68. The minimum absolute atomic E-state index is 0.0135. The Morgan fingerprint density at radius 1 is 1.27 bits per heavy atom. The van der Waals surface area contributed by atoms with Gasteiger partial charge in [-0.2, -0.15) is 0 Å². The molecule has 11 heteroatoms. The highest BCUT2D eigenvalue weighted by molar-refractivity contribution is 7.92. The second kappa shape index (κ2) is 9.09. The lowest BCUT2D eigenvalue weighted by Gasteiger charge is -2.38. The Morgan fingerprint density at radius 3 is 2.60 bits per heavy atom. The standard InChI is InChI=1S/C19H20Cl2N2O6S/c20-13-2-1-12(16(21)9-13)10-29-14-3-5-15(6-4-14)30(26,27)17-7-8-28-11-19(17,22)18(24)23-25/h1-6,9,17,25H,7-8,10-11,22H2,(H,23,24). The predicted octanol–water partition coefficient (Wildman–Crippen LogP) is 2.34. The smallest absolute Gasteiger partial charge is 0.267 e. The highest BCUT2D eigenvalue weighted by Gasteiger charge is 2.51. The summed E-state index contributed by atoms with van der Waals surface area (Å²) in [5.74, 6) is -0.588. The van der Waals surface area contributed by atoms with Crippen LogP contribution in [0.15, 0.2) is 47.4 Å². The molecule has 30 heavy (non-hydrogen) atoms. The Bertz CT molecular complexity index is 1030. The van der Waals surface area contributed by atoms with Gasteiger partial charge >= 0.3 is 0 Å². The first-order valence-electron chi connectivity index (χ1n) is 8.90. The van der Waals surface area contributed by atoms with Gasteiger partial charge in [-0.15, -0.1) is 0 Å². The molecular weight excluding hydrogens is 455 g/mol. The normalized spacial score (nSPS) is 21.8. The van der Waals surface area contributed by atoms with Crippen LogP contribution in [0.25, 0.3) is 0 Å². The number of nitrogens with two attached hydrogens (primary N) is 1. The lowest BCUT2D eigenvalue weighted by atomic mass is 9.92. The average Bonchev–Trinajstić information content (AvgIpc) is 2.73. The van der Waals surface area contributed by atoms with E-state index in [-0.39, 0.29) is 31.1 Å². The Labute approximate surface area is 183 Å². The number of carbonyl (C=O) groups excluding carboxylic acids is 1. The third-order valence-corrected chi connectivity index (χ3v) is 7.82. The van der Waals surface area contributed by atoms with E-state index in [0.29, 0.717) is 15.8 Å². The van der Waals surface area contributed by atoms with E-state index in [1.54, 1.807) is 18.2 Å². The van der Waals surface area contributed by atoms with Gasteiger partial charge in [0.15, 0.2) is 9.84 Å². The minimum Gasteiger partial charge on any atom is -0.489 e. The van der Waals surface area contributed by atoms with Crippen LogP contribution in [0.2, 0.25) is 10.0 Å². The zero-order valence-electron chi connectivity index (χ0n) is 15.7. The molecule has 2 aromatic rings. The summed E-state index contributed by atoms with van der Waals surface area (Å²) in [4.78, 5) is 12.0. The van der Waals surface area contributed by atoms with Crippen molar-refractivity contribution in [2.75, 3.05) is 13.2 Å². The second-order valence-electron chi connectivity index (χ2n) is 6.85. The molecule has 3 rings (SSSR count). The maximum Gasteiger partial charge on any atom is 0.267 e. The summed E-state index contributed by atoms with van der Waals surface area (Å²) >= 11 is 12.0. The number of hydrogen-bond donors (Lipinski definition) is 3. The molecule has 1 aliphatic heterocycles. The number of benzene rings is 2. The van der Waals surface area contributed by atoms with Crippen LogP contribution in [0.4, 0.5) is 0 Å². The number of hydroxylamine groups is 1. The van der Waals surface area contributed by atoms with Crippen molar-refractivity contribution in [3.8, 4) is 5.75 Å². The summed E-state index contributed by atoms with van der Waals surface area (Å²) < 4.78 is 37.1. The van der Waals surface area contributed by atoms with Crippen molar-refractivity contribution >= 4 is 38.9 Å². The monoisotopic (exact) mass is 474 g/mol. The van der Waals surface area contributed by atoms with E-state index in [0.717, 1.165) is 5.56 Å². The van der Waals surface area contributed by atoms with E-state index in [2.05, 4.69) is 0 Å². The number of rotatable bonds is 6. The van der Waals surface area contributed by atoms with Crippen LogP contribution in [0.5, 0.6) is 5.75 Å². The minimum atomic E-state index is -3.99.